The molecule has 6 atom stereocenters. The molecular weight excluding hydrogens is 456 g/mol. The van der Waals surface area contributed by atoms with Gasteiger partial charge in [0, 0.05) is 11.5 Å². The van der Waals surface area contributed by atoms with Crippen molar-refractivity contribution in [1.82, 2.24) is 9.21 Å². The fourth-order valence-corrected chi connectivity index (χ4v) is 10.5. The maximum absolute atomic E-state index is 13.8. The Morgan fingerprint density at radius 2 is 1.69 bits per heavy atom. The molecule has 6 heteroatoms. The van der Waals surface area contributed by atoms with Crippen molar-refractivity contribution in [3.05, 3.63) is 77.9 Å². The highest BCUT2D eigenvalue weighted by Gasteiger charge is 2.74. The molecule has 1 spiro atoms. The molecule has 2 bridgehead atoms. The van der Waals surface area contributed by atoms with Crippen molar-refractivity contribution in [2.75, 3.05) is 5.75 Å². The minimum absolute atomic E-state index is 0.0152. The zero-order chi connectivity index (χ0) is 24.6. The molecule has 4 fully saturated rings. The van der Waals surface area contributed by atoms with Crippen LogP contribution in [0.2, 0.25) is 0 Å². The van der Waals surface area contributed by atoms with Gasteiger partial charge in [0.15, 0.2) is 0 Å². The summed E-state index contributed by atoms with van der Waals surface area (Å²) in [6.45, 7) is 6.54. The number of β-lactam (4-membered cyclic amide) rings is 1. The molecular formula is C29H34N2O3S. The van der Waals surface area contributed by atoms with Crippen LogP contribution in [-0.2, 0) is 14.8 Å². The van der Waals surface area contributed by atoms with Crippen LogP contribution < -0.4 is 0 Å². The Bertz CT molecular complexity index is 1270. The fraction of sp³-hybridized carbons (Fsp3) is 0.483. The number of nitrogens with zero attached hydrogens (tertiary/aromatic N) is 2. The van der Waals surface area contributed by atoms with Gasteiger partial charge in [0.2, 0.25) is 15.9 Å². The van der Waals surface area contributed by atoms with E-state index < -0.39 is 16.1 Å². The molecule has 2 aliphatic heterocycles. The van der Waals surface area contributed by atoms with Crippen molar-refractivity contribution in [3.63, 3.8) is 0 Å². The predicted molar refractivity (Wildman–Crippen MR) is 138 cm³/mol. The molecule has 2 aromatic rings. The molecule has 0 radical (unpaired) electrons. The summed E-state index contributed by atoms with van der Waals surface area (Å²) >= 11 is 0. The van der Waals surface area contributed by atoms with Crippen molar-refractivity contribution in [3.8, 4) is 0 Å². The van der Waals surface area contributed by atoms with Crippen molar-refractivity contribution in [2.24, 2.45) is 16.7 Å². The summed E-state index contributed by atoms with van der Waals surface area (Å²) in [7, 11) is -3.53. The Morgan fingerprint density at radius 1 is 1.03 bits per heavy atom. The van der Waals surface area contributed by atoms with E-state index in [9.17, 15) is 13.2 Å². The predicted octanol–water partition coefficient (Wildman–Crippen LogP) is 4.88. The number of carbonyl (C=O) groups is 1. The highest BCUT2D eigenvalue weighted by atomic mass is 32.2. The normalized spacial score (nSPS) is 35.9. The van der Waals surface area contributed by atoms with Crippen molar-refractivity contribution < 1.29 is 13.2 Å². The lowest BCUT2D eigenvalue weighted by Gasteiger charge is -2.53. The molecule has 2 aliphatic carbocycles. The number of fused-ring (bicyclic) bond motifs is 1. The van der Waals surface area contributed by atoms with Crippen LogP contribution in [0.15, 0.2) is 66.7 Å². The number of sulfonamides is 1. The third-order valence-electron chi connectivity index (χ3n) is 9.87. The summed E-state index contributed by atoms with van der Waals surface area (Å²) < 4.78 is 29.1. The van der Waals surface area contributed by atoms with E-state index in [4.69, 9.17) is 0 Å². The van der Waals surface area contributed by atoms with Gasteiger partial charge in [-0.1, -0.05) is 86.7 Å². The van der Waals surface area contributed by atoms with Gasteiger partial charge in [-0.25, -0.2) is 8.42 Å². The Balaban J connectivity index is 1.39. The molecule has 6 rings (SSSR count). The van der Waals surface area contributed by atoms with Gasteiger partial charge < -0.3 is 4.90 Å². The van der Waals surface area contributed by atoms with Crippen LogP contribution in [-0.4, -0.2) is 47.4 Å². The van der Waals surface area contributed by atoms with E-state index >= 15 is 0 Å². The van der Waals surface area contributed by atoms with Gasteiger partial charge in [-0.2, -0.15) is 4.31 Å². The first-order chi connectivity index (χ1) is 16.7. The molecule has 5 nitrogen and oxygen atoms in total. The zero-order valence-electron chi connectivity index (χ0n) is 20.7. The summed E-state index contributed by atoms with van der Waals surface area (Å²) in [6, 6.07) is 18.8. The van der Waals surface area contributed by atoms with Gasteiger partial charge in [-0.15, -0.1) is 0 Å². The number of likely N-dealkylation sites (tertiary alicyclic amines) is 1. The van der Waals surface area contributed by atoms with Crippen LogP contribution in [0.4, 0.5) is 0 Å². The first-order valence-corrected chi connectivity index (χ1v) is 14.4. The lowest BCUT2D eigenvalue weighted by Crippen LogP contribution is -2.71. The van der Waals surface area contributed by atoms with Crippen molar-refractivity contribution in [1.29, 1.82) is 0 Å². The Labute approximate surface area is 208 Å². The lowest BCUT2D eigenvalue weighted by molar-refractivity contribution is -0.158. The number of benzene rings is 2. The van der Waals surface area contributed by atoms with E-state index in [0.717, 1.165) is 30.4 Å². The van der Waals surface area contributed by atoms with Crippen molar-refractivity contribution >= 4 is 22.0 Å². The molecule has 4 aliphatic rings. The molecule has 2 aromatic carbocycles. The van der Waals surface area contributed by atoms with Crippen LogP contribution in [0.1, 0.15) is 57.2 Å². The lowest BCUT2D eigenvalue weighted by atomic mass is 9.68. The van der Waals surface area contributed by atoms with Crippen LogP contribution in [0.3, 0.4) is 0 Å². The van der Waals surface area contributed by atoms with Crippen LogP contribution in [0.5, 0.6) is 0 Å². The molecule has 35 heavy (non-hydrogen) atoms. The molecule has 0 aromatic heterocycles. The third-order valence-corrected chi connectivity index (χ3v) is 11.9. The standard InChI is InChI=1S/C29H34N2O3S/c1-20(22-12-8-5-9-13-22)30-24(15-14-21-10-6-4-7-11-21)26(27(30)32)31-25-18-23-16-17-29(25,28(23,2)3)19-35(31,33)34/h4-15,20,23-26H,16-19H2,1-3H3/b15-14+/t20-,23+,24-,25+,26+,29+/m0/s1. The van der Waals surface area contributed by atoms with Gasteiger partial charge in [0.1, 0.15) is 6.04 Å². The third kappa shape index (κ3) is 3.15. The van der Waals surface area contributed by atoms with E-state index in [0.29, 0.717) is 5.92 Å². The Morgan fingerprint density at radius 3 is 2.34 bits per heavy atom. The van der Waals surface area contributed by atoms with E-state index in [1.54, 1.807) is 4.31 Å². The number of rotatable bonds is 5. The van der Waals surface area contributed by atoms with Gasteiger partial charge in [0.25, 0.3) is 0 Å². The van der Waals surface area contributed by atoms with E-state index in [1.807, 2.05) is 84.6 Å². The van der Waals surface area contributed by atoms with E-state index in [1.165, 1.54) is 0 Å². The molecule has 2 saturated carbocycles. The average molecular weight is 491 g/mol. The minimum Gasteiger partial charge on any atom is -0.326 e. The van der Waals surface area contributed by atoms with Crippen LogP contribution in [0.25, 0.3) is 6.08 Å². The first-order valence-electron chi connectivity index (χ1n) is 12.8. The first kappa shape index (κ1) is 23.0. The van der Waals surface area contributed by atoms with E-state index in [-0.39, 0.29) is 40.6 Å². The highest BCUT2D eigenvalue weighted by Crippen LogP contribution is 2.70. The largest absolute Gasteiger partial charge is 0.326 e. The summed E-state index contributed by atoms with van der Waals surface area (Å²) in [4.78, 5) is 15.7. The molecule has 0 N–H and O–H groups in total. The van der Waals surface area contributed by atoms with Gasteiger partial charge >= 0.3 is 0 Å². The Hall–Kier alpha value is -2.44. The molecule has 2 heterocycles. The number of carbonyl (C=O) groups excluding carboxylic acids is 1. The van der Waals surface area contributed by atoms with E-state index in [2.05, 4.69) is 13.8 Å². The molecule has 0 unspecified atom stereocenters. The topological polar surface area (TPSA) is 57.7 Å². The Kier molecular flexibility index (Phi) is 5.11. The summed E-state index contributed by atoms with van der Waals surface area (Å²) in [6.07, 6.45) is 6.98. The van der Waals surface area contributed by atoms with Gasteiger partial charge in [-0.05, 0) is 48.6 Å². The highest BCUT2D eigenvalue weighted by molar-refractivity contribution is 7.89. The number of amides is 1. The zero-order valence-corrected chi connectivity index (χ0v) is 21.5. The second kappa shape index (κ2) is 7.78. The quantitative estimate of drug-likeness (QED) is 0.562. The summed E-state index contributed by atoms with van der Waals surface area (Å²) in [5.74, 6) is 0.630. The average Bonchev–Trinajstić information content (AvgIpc) is 3.32. The van der Waals surface area contributed by atoms with Gasteiger partial charge in [-0.3, -0.25) is 4.79 Å². The summed E-state index contributed by atoms with van der Waals surface area (Å²) in [5.41, 5.74) is 1.84. The van der Waals surface area contributed by atoms with Crippen LogP contribution >= 0.6 is 0 Å². The fourth-order valence-electron chi connectivity index (χ4n) is 7.78. The second-order valence-corrected chi connectivity index (χ2v) is 13.4. The number of hydrogen-bond acceptors (Lipinski definition) is 3. The maximum Gasteiger partial charge on any atom is 0.244 e. The molecule has 184 valence electrons. The molecule has 1 amide bonds. The van der Waals surface area contributed by atoms with Crippen molar-refractivity contribution in [2.45, 2.75) is 64.2 Å². The minimum atomic E-state index is -3.53. The van der Waals surface area contributed by atoms with Gasteiger partial charge in [0.05, 0.1) is 17.8 Å². The smallest absolute Gasteiger partial charge is 0.244 e. The maximum atomic E-state index is 13.8. The number of hydrogen-bond donors (Lipinski definition) is 0. The SMILES string of the molecule is C[C@@H](c1ccccc1)N1C(=O)[C@H](N2[C@@H]3C[C@H]4CC[C@]3(CS2(=O)=O)C4(C)C)[C@@H]1/C=C/c1ccccc1. The summed E-state index contributed by atoms with van der Waals surface area (Å²) in [5, 5.41) is 0. The second-order valence-electron chi connectivity index (χ2n) is 11.5. The van der Waals surface area contributed by atoms with Crippen LogP contribution in [0, 0.1) is 16.7 Å². The molecule has 2 saturated heterocycles. The monoisotopic (exact) mass is 490 g/mol.